The monoisotopic (exact) mass is 372 g/mol. The summed E-state index contributed by atoms with van der Waals surface area (Å²) in [5.41, 5.74) is 1.86. The molecule has 134 valence electrons. The van der Waals surface area contributed by atoms with Crippen LogP contribution in [0.25, 0.3) is 11.0 Å². The largest absolute Gasteiger partial charge is 0.405 e. The number of nitrogens with one attached hydrogen (secondary N) is 1. The van der Waals surface area contributed by atoms with Gasteiger partial charge in [0.25, 0.3) is 5.91 Å². The highest BCUT2D eigenvalue weighted by molar-refractivity contribution is 7.00. The number of carbonyl (C=O) groups excluding carboxylic acids is 2. The summed E-state index contributed by atoms with van der Waals surface area (Å²) in [5.74, 6) is -1.29. The molecule has 2 heterocycles. The van der Waals surface area contributed by atoms with Crippen LogP contribution in [0.3, 0.4) is 0 Å². The number of aromatic nitrogens is 2. The number of rotatable bonds is 3. The molecule has 1 aliphatic heterocycles. The van der Waals surface area contributed by atoms with Crippen molar-refractivity contribution in [1.82, 2.24) is 19.0 Å². The Bertz CT molecular complexity index is 784. The highest BCUT2D eigenvalue weighted by atomic mass is 32.1. The van der Waals surface area contributed by atoms with Gasteiger partial charge in [-0.1, -0.05) is 0 Å². The van der Waals surface area contributed by atoms with Crippen LogP contribution in [0.4, 0.5) is 13.2 Å². The molecule has 0 spiro atoms. The number of hydrogen-bond donors (Lipinski definition) is 1. The average molecular weight is 372 g/mol. The third kappa shape index (κ3) is 4.25. The summed E-state index contributed by atoms with van der Waals surface area (Å²) in [6.45, 7) is -0.667. The first-order valence-electron chi connectivity index (χ1n) is 7.69. The van der Waals surface area contributed by atoms with Crippen LogP contribution >= 0.6 is 11.7 Å². The minimum atomic E-state index is -4.42. The molecule has 0 unspecified atom stereocenters. The summed E-state index contributed by atoms with van der Waals surface area (Å²) in [5, 5.41) is 1.90. The second-order valence-corrected chi connectivity index (χ2v) is 6.40. The Labute approximate surface area is 145 Å². The summed E-state index contributed by atoms with van der Waals surface area (Å²) in [7, 11) is 0. The van der Waals surface area contributed by atoms with Crippen LogP contribution in [0.1, 0.15) is 23.2 Å². The van der Waals surface area contributed by atoms with Gasteiger partial charge in [0, 0.05) is 24.6 Å². The molecule has 2 amide bonds. The summed E-state index contributed by atoms with van der Waals surface area (Å²) in [6, 6.07) is 5.07. The van der Waals surface area contributed by atoms with Gasteiger partial charge in [0.05, 0.1) is 11.7 Å². The van der Waals surface area contributed by atoms with E-state index >= 15 is 0 Å². The zero-order chi connectivity index (χ0) is 18.0. The maximum Gasteiger partial charge on any atom is 0.405 e. The van der Waals surface area contributed by atoms with E-state index in [9.17, 15) is 22.8 Å². The molecule has 1 fully saturated rings. The van der Waals surface area contributed by atoms with Crippen molar-refractivity contribution in [3.8, 4) is 0 Å². The van der Waals surface area contributed by atoms with Gasteiger partial charge in [-0.2, -0.15) is 21.9 Å². The van der Waals surface area contributed by atoms with Gasteiger partial charge in [0.2, 0.25) is 5.91 Å². The molecule has 0 saturated carbocycles. The molecule has 6 nitrogen and oxygen atoms in total. The van der Waals surface area contributed by atoms with Gasteiger partial charge >= 0.3 is 6.18 Å². The number of likely N-dealkylation sites (tertiary alicyclic amines) is 1. The van der Waals surface area contributed by atoms with Crippen LogP contribution < -0.4 is 5.32 Å². The van der Waals surface area contributed by atoms with Gasteiger partial charge in [-0.25, -0.2) is 0 Å². The molecule has 0 atom stereocenters. The number of hydrogen-bond acceptors (Lipinski definition) is 5. The standard InChI is InChI=1S/C15H15F3N4O2S/c16-15(17,18)8-19-13(23)9-3-5-22(6-4-9)14(24)10-1-2-11-12(7-10)21-25-20-11/h1-2,7,9H,3-6,8H2,(H,19,23). The Kier molecular flexibility index (Phi) is 4.89. The lowest BCUT2D eigenvalue weighted by Gasteiger charge is -2.31. The zero-order valence-electron chi connectivity index (χ0n) is 13.0. The maximum atomic E-state index is 12.5. The molecule has 25 heavy (non-hydrogen) atoms. The van der Waals surface area contributed by atoms with Crippen molar-refractivity contribution in [1.29, 1.82) is 0 Å². The smallest absolute Gasteiger partial charge is 0.347 e. The minimum Gasteiger partial charge on any atom is -0.347 e. The first-order valence-corrected chi connectivity index (χ1v) is 8.42. The van der Waals surface area contributed by atoms with E-state index in [-0.39, 0.29) is 5.91 Å². The number of piperidine rings is 1. The van der Waals surface area contributed by atoms with Crippen LogP contribution in [0.2, 0.25) is 0 Å². The fraction of sp³-hybridized carbons (Fsp3) is 0.467. The molecule has 3 rings (SSSR count). The fourth-order valence-corrected chi connectivity index (χ4v) is 3.29. The summed E-state index contributed by atoms with van der Waals surface area (Å²) in [6.07, 6.45) is -3.73. The van der Waals surface area contributed by atoms with Crippen molar-refractivity contribution in [2.45, 2.75) is 19.0 Å². The Morgan fingerprint density at radius 2 is 1.88 bits per heavy atom. The number of benzene rings is 1. The summed E-state index contributed by atoms with van der Waals surface area (Å²) >= 11 is 1.07. The molecule has 2 aromatic rings. The maximum absolute atomic E-state index is 12.5. The lowest BCUT2D eigenvalue weighted by atomic mass is 9.95. The lowest BCUT2D eigenvalue weighted by molar-refractivity contribution is -0.141. The summed E-state index contributed by atoms with van der Waals surface area (Å²) in [4.78, 5) is 25.9. The Balaban J connectivity index is 1.56. The number of carbonyl (C=O) groups is 2. The van der Waals surface area contributed by atoms with Gasteiger partial charge in [-0.05, 0) is 31.0 Å². The van der Waals surface area contributed by atoms with E-state index in [4.69, 9.17) is 0 Å². The Morgan fingerprint density at radius 3 is 2.56 bits per heavy atom. The number of alkyl halides is 3. The van der Waals surface area contributed by atoms with Gasteiger partial charge < -0.3 is 10.2 Å². The first kappa shape index (κ1) is 17.6. The molecule has 0 bridgehead atoms. The minimum absolute atomic E-state index is 0.177. The molecular weight excluding hydrogens is 357 g/mol. The highest BCUT2D eigenvalue weighted by Gasteiger charge is 2.32. The van der Waals surface area contributed by atoms with E-state index in [1.165, 1.54) is 0 Å². The van der Waals surface area contributed by atoms with Crippen LogP contribution in [0, 0.1) is 5.92 Å². The molecule has 1 saturated heterocycles. The van der Waals surface area contributed by atoms with E-state index in [0.29, 0.717) is 37.0 Å². The SMILES string of the molecule is O=C(NCC(F)(F)F)C1CCN(C(=O)c2ccc3nsnc3c2)CC1. The first-order chi connectivity index (χ1) is 11.8. The zero-order valence-corrected chi connectivity index (χ0v) is 13.9. The van der Waals surface area contributed by atoms with Crippen molar-refractivity contribution in [2.75, 3.05) is 19.6 Å². The van der Waals surface area contributed by atoms with E-state index < -0.39 is 24.5 Å². The number of nitrogens with zero attached hydrogens (tertiary/aromatic N) is 3. The fourth-order valence-electron chi connectivity index (χ4n) is 2.77. The van der Waals surface area contributed by atoms with Crippen LogP contribution in [0.15, 0.2) is 18.2 Å². The number of amides is 2. The number of fused-ring (bicyclic) bond motifs is 1. The van der Waals surface area contributed by atoms with E-state index in [2.05, 4.69) is 8.75 Å². The van der Waals surface area contributed by atoms with E-state index in [0.717, 1.165) is 17.2 Å². The van der Waals surface area contributed by atoms with Crippen LogP contribution in [-0.2, 0) is 4.79 Å². The van der Waals surface area contributed by atoms with Crippen LogP contribution in [-0.4, -0.2) is 51.3 Å². The van der Waals surface area contributed by atoms with E-state index in [1.807, 2.05) is 5.32 Å². The van der Waals surface area contributed by atoms with Gasteiger partial charge in [-0.15, -0.1) is 0 Å². The average Bonchev–Trinajstić information content (AvgIpc) is 3.06. The molecule has 1 aromatic carbocycles. The van der Waals surface area contributed by atoms with Crippen molar-refractivity contribution in [3.05, 3.63) is 23.8 Å². The molecule has 1 N–H and O–H groups in total. The normalized spacial score (nSPS) is 16.2. The molecule has 1 aliphatic rings. The molecule has 0 aliphatic carbocycles. The Hall–Kier alpha value is -2.23. The van der Waals surface area contributed by atoms with Gasteiger partial charge in [0.1, 0.15) is 17.6 Å². The predicted molar refractivity (Wildman–Crippen MR) is 85.1 cm³/mol. The Morgan fingerprint density at radius 1 is 1.20 bits per heavy atom. The molecule has 1 aromatic heterocycles. The third-order valence-electron chi connectivity index (χ3n) is 4.12. The second kappa shape index (κ2) is 6.95. The van der Waals surface area contributed by atoms with Gasteiger partial charge in [-0.3, -0.25) is 9.59 Å². The lowest BCUT2D eigenvalue weighted by Crippen LogP contribution is -2.44. The van der Waals surface area contributed by atoms with E-state index in [1.54, 1.807) is 23.1 Å². The molecule has 10 heteroatoms. The topological polar surface area (TPSA) is 75.2 Å². The number of halogens is 3. The predicted octanol–water partition coefficient (Wildman–Crippen LogP) is 2.22. The second-order valence-electron chi connectivity index (χ2n) is 5.87. The molecular formula is C15H15F3N4O2S. The van der Waals surface area contributed by atoms with Gasteiger partial charge in [0.15, 0.2) is 0 Å². The third-order valence-corrected chi connectivity index (χ3v) is 4.67. The van der Waals surface area contributed by atoms with Crippen molar-refractivity contribution >= 4 is 34.6 Å². The van der Waals surface area contributed by atoms with Crippen molar-refractivity contribution < 1.29 is 22.8 Å². The summed E-state index contributed by atoms with van der Waals surface area (Å²) < 4.78 is 44.6. The molecule has 0 radical (unpaired) electrons. The van der Waals surface area contributed by atoms with Crippen molar-refractivity contribution in [2.24, 2.45) is 5.92 Å². The highest BCUT2D eigenvalue weighted by Crippen LogP contribution is 2.21. The quantitative estimate of drug-likeness (QED) is 0.897. The van der Waals surface area contributed by atoms with Crippen molar-refractivity contribution in [3.63, 3.8) is 0 Å². The van der Waals surface area contributed by atoms with Crippen LogP contribution in [0.5, 0.6) is 0 Å².